The third-order valence-electron chi connectivity index (χ3n) is 3.33. The molecule has 2 aromatic carbocycles. The maximum absolute atomic E-state index is 13.9. The Hall–Kier alpha value is -2.14. The molecule has 0 heterocycles. The highest BCUT2D eigenvalue weighted by Crippen LogP contribution is 2.19. The van der Waals surface area contributed by atoms with Crippen LogP contribution in [0.2, 0.25) is 0 Å². The average Bonchev–Trinajstić information content (AvgIpc) is 2.56. The number of hydrogen-bond donors (Lipinski definition) is 0. The summed E-state index contributed by atoms with van der Waals surface area (Å²) in [6.45, 7) is 4.36. The van der Waals surface area contributed by atoms with E-state index in [1.54, 1.807) is 24.2 Å². The number of amides is 1. The number of carbonyl (C=O) groups is 1. The van der Waals surface area contributed by atoms with Gasteiger partial charge in [0.05, 0.1) is 12.7 Å². The highest BCUT2D eigenvalue weighted by Gasteiger charge is 2.19. The molecule has 0 saturated heterocycles. The minimum absolute atomic E-state index is 0.0368. The van der Waals surface area contributed by atoms with Crippen LogP contribution in [0.4, 0.5) is 4.39 Å². The van der Waals surface area contributed by atoms with Crippen LogP contribution in [0.5, 0.6) is 5.75 Å². The maximum atomic E-state index is 13.9. The van der Waals surface area contributed by atoms with Crippen molar-refractivity contribution in [2.45, 2.75) is 6.54 Å². The van der Waals surface area contributed by atoms with Crippen molar-refractivity contribution in [2.75, 3.05) is 13.7 Å². The number of rotatable bonds is 6. The molecule has 0 radical (unpaired) electrons. The van der Waals surface area contributed by atoms with Crippen LogP contribution in [0.3, 0.4) is 0 Å². The van der Waals surface area contributed by atoms with Gasteiger partial charge in [-0.25, -0.2) is 4.39 Å². The zero-order chi connectivity index (χ0) is 16.8. The van der Waals surface area contributed by atoms with Gasteiger partial charge in [0.2, 0.25) is 0 Å². The van der Waals surface area contributed by atoms with Gasteiger partial charge in [-0.3, -0.25) is 4.79 Å². The minimum atomic E-state index is -0.540. The van der Waals surface area contributed by atoms with Crippen LogP contribution in [0.25, 0.3) is 0 Å². The van der Waals surface area contributed by atoms with E-state index in [0.717, 1.165) is 11.3 Å². The van der Waals surface area contributed by atoms with Gasteiger partial charge in [-0.1, -0.05) is 34.1 Å². The fraction of sp³-hybridized carbons (Fsp3) is 0.167. The molecule has 2 aromatic rings. The minimum Gasteiger partial charge on any atom is -0.497 e. The second-order valence-corrected chi connectivity index (χ2v) is 5.86. The summed E-state index contributed by atoms with van der Waals surface area (Å²) in [7, 11) is 1.60. The molecular formula is C18H17BrFNO2. The first-order chi connectivity index (χ1) is 11.0. The van der Waals surface area contributed by atoms with Crippen LogP contribution in [0.1, 0.15) is 15.9 Å². The number of benzene rings is 2. The predicted molar refractivity (Wildman–Crippen MR) is 92.0 cm³/mol. The molecule has 0 aliphatic carbocycles. The molecule has 0 N–H and O–H groups in total. The van der Waals surface area contributed by atoms with Crippen molar-refractivity contribution >= 4 is 21.8 Å². The smallest absolute Gasteiger partial charge is 0.257 e. The number of halogens is 2. The highest BCUT2D eigenvalue weighted by molar-refractivity contribution is 9.10. The van der Waals surface area contributed by atoms with E-state index in [2.05, 4.69) is 22.5 Å². The SMILES string of the molecule is C=CCN(Cc1ccc(OC)cc1)C(=O)c1cc(Br)ccc1F. The number of carbonyl (C=O) groups excluding carboxylic acids is 1. The van der Waals surface area contributed by atoms with Crippen molar-refractivity contribution in [1.29, 1.82) is 0 Å². The fourth-order valence-corrected chi connectivity index (χ4v) is 2.52. The lowest BCUT2D eigenvalue weighted by Crippen LogP contribution is -2.31. The van der Waals surface area contributed by atoms with Gasteiger partial charge in [0.1, 0.15) is 11.6 Å². The largest absolute Gasteiger partial charge is 0.497 e. The lowest BCUT2D eigenvalue weighted by molar-refractivity contribution is 0.0758. The molecule has 0 unspecified atom stereocenters. The van der Waals surface area contributed by atoms with Crippen molar-refractivity contribution in [3.8, 4) is 5.75 Å². The van der Waals surface area contributed by atoms with Crippen molar-refractivity contribution < 1.29 is 13.9 Å². The molecule has 5 heteroatoms. The van der Waals surface area contributed by atoms with Gasteiger partial charge in [-0.2, -0.15) is 0 Å². The van der Waals surface area contributed by atoms with Gasteiger partial charge >= 0.3 is 0 Å². The lowest BCUT2D eigenvalue weighted by atomic mass is 10.1. The zero-order valence-corrected chi connectivity index (χ0v) is 14.3. The fourth-order valence-electron chi connectivity index (χ4n) is 2.16. The summed E-state index contributed by atoms with van der Waals surface area (Å²) >= 11 is 3.26. The van der Waals surface area contributed by atoms with Gasteiger partial charge < -0.3 is 9.64 Å². The zero-order valence-electron chi connectivity index (χ0n) is 12.8. The van der Waals surface area contributed by atoms with E-state index in [4.69, 9.17) is 4.74 Å². The molecule has 0 fully saturated rings. The van der Waals surface area contributed by atoms with Gasteiger partial charge in [0.25, 0.3) is 5.91 Å². The lowest BCUT2D eigenvalue weighted by Gasteiger charge is -2.22. The first-order valence-corrected chi connectivity index (χ1v) is 7.82. The third kappa shape index (κ3) is 4.42. The molecule has 2 rings (SSSR count). The molecule has 0 aromatic heterocycles. The Morgan fingerprint density at radius 2 is 2.00 bits per heavy atom. The normalized spacial score (nSPS) is 10.2. The number of nitrogens with zero attached hydrogens (tertiary/aromatic N) is 1. The molecule has 0 aliphatic rings. The van der Waals surface area contributed by atoms with Crippen molar-refractivity contribution in [3.63, 3.8) is 0 Å². The van der Waals surface area contributed by atoms with Crippen LogP contribution in [0.15, 0.2) is 59.6 Å². The van der Waals surface area contributed by atoms with Gasteiger partial charge in [0.15, 0.2) is 0 Å². The van der Waals surface area contributed by atoms with Crippen LogP contribution in [0, 0.1) is 5.82 Å². The Balaban J connectivity index is 2.24. The molecular weight excluding hydrogens is 361 g/mol. The number of methoxy groups -OCH3 is 1. The molecule has 0 aliphatic heterocycles. The topological polar surface area (TPSA) is 29.5 Å². The number of ether oxygens (including phenoxy) is 1. The van der Waals surface area contributed by atoms with E-state index in [1.807, 2.05) is 24.3 Å². The Labute approximate surface area is 143 Å². The monoisotopic (exact) mass is 377 g/mol. The average molecular weight is 378 g/mol. The van der Waals surface area contributed by atoms with E-state index in [9.17, 15) is 9.18 Å². The second kappa shape index (κ2) is 7.92. The molecule has 23 heavy (non-hydrogen) atoms. The summed E-state index contributed by atoms with van der Waals surface area (Å²) in [5.41, 5.74) is 0.964. The Morgan fingerprint density at radius 1 is 1.30 bits per heavy atom. The molecule has 0 saturated carbocycles. The van der Waals surface area contributed by atoms with Crippen LogP contribution in [-0.4, -0.2) is 24.5 Å². The van der Waals surface area contributed by atoms with E-state index in [-0.39, 0.29) is 11.5 Å². The van der Waals surface area contributed by atoms with Crippen molar-refractivity contribution in [1.82, 2.24) is 4.90 Å². The molecule has 0 spiro atoms. The molecule has 3 nitrogen and oxygen atoms in total. The Kier molecular flexibility index (Phi) is 5.93. The second-order valence-electron chi connectivity index (χ2n) is 4.95. The van der Waals surface area contributed by atoms with E-state index >= 15 is 0 Å². The summed E-state index contributed by atoms with van der Waals surface area (Å²) in [4.78, 5) is 14.2. The van der Waals surface area contributed by atoms with Gasteiger partial charge in [0, 0.05) is 17.6 Å². The van der Waals surface area contributed by atoms with Crippen LogP contribution < -0.4 is 4.74 Å². The van der Waals surface area contributed by atoms with Crippen LogP contribution in [-0.2, 0) is 6.54 Å². The first-order valence-electron chi connectivity index (χ1n) is 7.03. The summed E-state index contributed by atoms with van der Waals surface area (Å²) < 4.78 is 19.7. The van der Waals surface area contributed by atoms with Crippen molar-refractivity contribution in [2.24, 2.45) is 0 Å². The van der Waals surface area contributed by atoms with E-state index in [1.165, 1.54) is 12.1 Å². The number of hydrogen-bond acceptors (Lipinski definition) is 2. The van der Waals surface area contributed by atoms with Crippen LogP contribution >= 0.6 is 15.9 Å². The van der Waals surface area contributed by atoms with E-state index < -0.39 is 5.82 Å². The first kappa shape index (κ1) is 17.2. The quantitative estimate of drug-likeness (QED) is 0.697. The Morgan fingerprint density at radius 3 is 2.61 bits per heavy atom. The van der Waals surface area contributed by atoms with Gasteiger partial charge in [-0.05, 0) is 35.9 Å². The molecule has 1 amide bonds. The van der Waals surface area contributed by atoms with Crippen molar-refractivity contribution in [3.05, 3.63) is 76.5 Å². The highest BCUT2D eigenvalue weighted by atomic mass is 79.9. The third-order valence-corrected chi connectivity index (χ3v) is 3.82. The molecule has 120 valence electrons. The molecule has 0 bridgehead atoms. The predicted octanol–water partition coefficient (Wildman–Crippen LogP) is 4.43. The summed E-state index contributed by atoms with van der Waals surface area (Å²) in [5, 5.41) is 0. The standard InChI is InChI=1S/C18H17BrFNO2/c1-3-10-21(12-13-4-7-15(23-2)8-5-13)18(22)16-11-14(19)6-9-17(16)20/h3-9,11H,1,10,12H2,2H3. The Bertz CT molecular complexity index is 701. The van der Waals surface area contributed by atoms with Gasteiger partial charge in [-0.15, -0.1) is 6.58 Å². The molecule has 0 atom stereocenters. The summed E-state index contributed by atoms with van der Waals surface area (Å²) in [6.07, 6.45) is 1.62. The summed E-state index contributed by atoms with van der Waals surface area (Å²) in [6, 6.07) is 11.7. The van der Waals surface area contributed by atoms with E-state index in [0.29, 0.717) is 17.6 Å². The maximum Gasteiger partial charge on any atom is 0.257 e. The summed E-state index contributed by atoms with van der Waals surface area (Å²) in [5.74, 6) is -0.171.